The molecule has 0 saturated carbocycles. The van der Waals surface area contributed by atoms with Crippen LogP contribution < -0.4 is 11.1 Å². The number of aryl methyl sites for hydroxylation is 1. The van der Waals surface area contributed by atoms with Gasteiger partial charge in [-0.3, -0.25) is 0 Å². The first-order valence-electron chi connectivity index (χ1n) is 5.69. The Morgan fingerprint density at radius 3 is 3.43 bits per heavy atom. The summed E-state index contributed by atoms with van der Waals surface area (Å²) in [6, 6.07) is 0.430. The van der Waals surface area contributed by atoms with Crippen molar-refractivity contribution >= 4 is 16.5 Å². The molecule has 1 heterocycles. The van der Waals surface area contributed by atoms with E-state index in [2.05, 4.69) is 17.2 Å². The van der Waals surface area contributed by atoms with Crippen molar-refractivity contribution in [3.8, 4) is 0 Å². The number of nitrogens with two attached hydrogens (primary N) is 1. The molecule has 2 rings (SSSR count). The van der Waals surface area contributed by atoms with Gasteiger partial charge in [0.05, 0.1) is 5.69 Å². The Morgan fingerprint density at radius 2 is 2.64 bits per heavy atom. The van der Waals surface area contributed by atoms with Gasteiger partial charge in [0.25, 0.3) is 0 Å². The molecule has 0 aromatic carbocycles. The number of nitrogens with zero attached hydrogens (tertiary/aromatic N) is 1. The van der Waals surface area contributed by atoms with Crippen molar-refractivity contribution in [3.63, 3.8) is 0 Å². The summed E-state index contributed by atoms with van der Waals surface area (Å²) in [6.07, 6.45) is 2.78. The first-order valence-corrected chi connectivity index (χ1v) is 5.93. The molecule has 2 unspecified atom stereocenters. The molecular formula is C10H17N3S. The second kappa shape index (κ2) is 4.28. The van der Waals surface area contributed by atoms with Gasteiger partial charge in [-0.15, -0.1) is 11.3 Å². The average molecular weight is 212 g/mol. The van der Waals surface area contributed by atoms with Gasteiger partial charge in [0.2, 0.25) is 0 Å². The minimum Gasteiger partial charge on any atom is -0.375 e. The van der Waals surface area contributed by atoms with E-state index in [1.165, 1.54) is 16.2 Å². The molecule has 1 aliphatic rings. The van der Waals surface area contributed by atoms with E-state index in [1.807, 2.05) is 0 Å². The summed E-state index contributed by atoms with van der Waals surface area (Å²) in [5.41, 5.74) is 6.58. The van der Waals surface area contributed by atoms with Crippen LogP contribution in [-0.4, -0.2) is 17.6 Å². The third kappa shape index (κ3) is 2.07. The van der Waals surface area contributed by atoms with E-state index in [4.69, 9.17) is 7.10 Å². The van der Waals surface area contributed by atoms with E-state index in [9.17, 15) is 0 Å². The van der Waals surface area contributed by atoms with Gasteiger partial charge in [0.15, 0.2) is 5.13 Å². The highest BCUT2D eigenvalue weighted by atomic mass is 32.1. The number of aromatic nitrogens is 1. The van der Waals surface area contributed by atoms with Gasteiger partial charge < -0.3 is 11.1 Å². The molecule has 1 aromatic heterocycles. The highest BCUT2D eigenvalue weighted by Gasteiger charge is 2.21. The summed E-state index contributed by atoms with van der Waals surface area (Å²) in [7, 11) is 0. The zero-order valence-electron chi connectivity index (χ0n) is 9.42. The van der Waals surface area contributed by atoms with Gasteiger partial charge in [-0.2, -0.15) is 0 Å². The topological polar surface area (TPSA) is 50.9 Å². The number of thiazole rings is 1. The Kier molecular flexibility index (Phi) is 2.65. The molecule has 2 atom stereocenters. The van der Waals surface area contributed by atoms with Gasteiger partial charge in [0.1, 0.15) is 0 Å². The second-order valence-corrected chi connectivity index (χ2v) is 4.77. The zero-order chi connectivity index (χ0) is 10.8. The molecule has 3 nitrogen and oxygen atoms in total. The lowest BCUT2D eigenvalue weighted by Crippen LogP contribution is -2.34. The lowest BCUT2D eigenvalue weighted by atomic mass is 9.98. The summed E-state index contributed by atoms with van der Waals surface area (Å²) < 4.78 is 7.98. The molecule has 0 fully saturated rings. The average Bonchev–Trinajstić information content (AvgIpc) is 2.56. The molecule has 0 aliphatic heterocycles. The summed E-state index contributed by atoms with van der Waals surface area (Å²) in [4.78, 5) is 5.43. The molecule has 0 radical (unpaired) electrons. The van der Waals surface area contributed by atoms with Crippen LogP contribution in [0.15, 0.2) is 0 Å². The Labute approximate surface area is 90.1 Å². The van der Waals surface area contributed by atoms with E-state index >= 15 is 0 Å². The highest BCUT2D eigenvalue weighted by Crippen LogP contribution is 2.27. The van der Waals surface area contributed by atoms with Crippen LogP contribution in [0.1, 0.15) is 31.7 Å². The number of nitrogen functional groups attached to an aromatic ring is 1. The van der Waals surface area contributed by atoms with Crippen molar-refractivity contribution in [2.45, 2.75) is 38.6 Å². The highest BCUT2D eigenvalue weighted by molar-refractivity contribution is 7.15. The van der Waals surface area contributed by atoms with Crippen LogP contribution in [0, 0.1) is 0 Å². The van der Waals surface area contributed by atoms with Crippen LogP contribution in [0.3, 0.4) is 0 Å². The standard InChI is InChI=1S/C10H17N3S/c1-2-5-12-7-3-4-8-9(6-7)14-10(11)13-8/h7,12H,2-6H2,1H3,(H2,11,13)/i4D. The lowest BCUT2D eigenvalue weighted by molar-refractivity contribution is 0.460. The summed E-state index contributed by atoms with van der Waals surface area (Å²) in [5, 5.41) is 4.07. The molecule has 1 aromatic rings. The monoisotopic (exact) mass is 212 g/mol. The van der Waals surface area contributed by atoms with Crippen molar-refractivity contribution in [2.24, 2.45) is 0 Å². The van der Waals surface area contributed by atoms with Crippen LogP contribution in [0.25, 0.3) is 0 Å². The van der Waals surface area contributed by atoms with E-state index < -0.39 is 0 Å². The van der Waals surface area contributed by atoms with E-state index in [0.29, 0.717) is 11.2 Å². The molecule has 1 aliphatic carbocycles. The van der Waals surface area contributed by atoms with Crippen LogP contribution in [0.2, 0.25) is 0 Å². The first kappa shape index (κ1) is 8.68. The fourth-order valence-corrected chi connectivity index (χ4v) is 2.67. The van der Waals surface area contributed by atoms with Crippen molar-refractivity contribution in [3.05, 3.63) is 10.6 Å². The molecule has 0 amide bonds. The molecular weight excluding hydrogens is 194 g/mol. The van der Waals surface area contributed by atoms with Crippen LogP contribution in [-0.2, 0) is 12.8 Å². The van der Waals surface area contributed by atoms with Crippen molar-refractivity contribution < 1.29 is 1.37 Å². The third-order valence-electron chi connectivity index (χ3n) is 2.45. The second-order valence-electron chi connectivity index (χ2n) is 3.66. The number of rotatable bonds is 3. The predicted octanol–water partition coefficient (Wildman–Crippen LogP) is 1.58. The van der Waals surface area contributed by atoms with E-state index in [0.717, 1.165) is 31.5 Å². The van der Waals surface area contributed by atoms with Crippen LogP contribution in [0.5, 0.6) is 0 Å². The largest absolute Gasteiger partial charge is 0.375 e. The van der Waals surface area contributed by atoms with Crippen molar-refractivity contribution in [1.29, 1.82) is 0 Å². The third-order valence-corrected chi connectivity index (χ3v) is 3.38. The molecule has 4 heteroatoms. The Balaban J connectivity index is 2.08. The summed E-state index contributed by atoms with van der Waals surface area (Å²) in [6.45, 7) is 3.19. The SMILES string of the molecule is [2H]C1CC(NCCC)Cc2sc(N)nc21. The van der Waals surface area contributed by atoms with Gasteiger partial charge in [-0.05, 0) is 32.2 Å². The predicted molar refractivity (Wildman–Crippen MR) is 60.6 cm³/mol. The molecule has 78 valence electrons. The number of hydrogen-bond acceptors (Lipinski definition) is 4. The Bertz CT molecular complexity index is 339. The number of anilines is 1. The number of fused-ring (bicyclic) bond motifs is 1. The molecule has 3 N–H and O–H groups in total. The maximum absolute atomic E-state index is 7.98. The van der Waals surface area contributed by atoms with Gasteiger partial charge >= 0.3 is 0 Å². The quantitative estimate of drug-likeness (QED) is 0.800. The van der Waals surface area contributed by atoms with Crippen molar-refractivity contribution in [1.82, 2.24) is 10.3 Å². The maximum Gasteiger partial charge on any atom is 0.180 e. The van der Waals surface area contributed by atoms with E-state index in [1.54, 1.807) is 0 Å². The zero-order valence-corrected chi connectivity index (χ0v) is 9.23. The Hall–Kier alpha value is -0.610. The summed E-state index contributed by atoms with van der Waals surface area (Å²) in [5.74, 6) is 0. The fraction of sp³-hybridized carbons (Fsp3) is 0.700. The van der Waals surface area contributed by atoms with Crippen LogP contribution in [0.4, 0.5) is 5.13 Å². The summed E-state index contributed by atoms with van der Waals surface area (Å²) >= 11 is 1.54. The maximum atomic E-state index is 7.98. The normalized spacial score (nSPS) is 27.1. The van der Waals surface area contributed by atoms with E-state index in [-0.39, 0.29) is 6.40 Å². The minimum absolute atomic E-state index is 0.198. The molecule has 0 spiro atoms. The molecule has 14 heavy (non-hydrogen) atoms. The number of nitrogens with one attached hydrogen (secondary N) is 1. The van der Waals surface area contributed by atoms with Crippen LogP contribution >= 0.6 is 11.3 Å². The van der Waals surface area contributed by atoms with Crippen molar-refractivity contribution in [2.75, 3.05) is 12.3 Å². The smallest absolute Gasteiger partial charge is 0.180 e. The van der Waals surface area contributed by atoms with Gasteiger partial charge in [0, 0.05) is 12.3 Å². The first-order chi connectivity index (χ1) is 7.20. The Morgan fingerprint density at radius 1 is 1.79 bits per heavy atom. The fourth-order valence-electron chi connectivity index (χ4n) is 1.75. The molecule has 0 bridgehead atoms. The lowest BCUT2D eigenvalue weighted by Gasteiger charge is -2.21. The van der Waals surface area contributed by atoms with Gasteiger partial charge in [-0.1, -0.05) is 6.92 Å². The number of hydrogen-bond donors (Lipinski definition) is 2. The minimum atomic E-state index is -0.198. The molecule has 0 saturated heterocycles. The van der Waals surface area contributed by atoms with Gasteiger partial charge in [-0.25, -0.2) is 4.98 Å².